The first-order chi connectivity index (χ1) is 5.84. The molecule has 12 heavy (non-hydrogen) atoms. The zero-order valence-electron chi connectivity index (χ0n) is 6.66. The summed E-state index contributed by atoms with van der Waals surface area (Å²) in [4.78, 5) is 1.49. The Balaban J connectivity index is 2.15. The average molecular weight is 178 g/mol. The Labute approximate surface area is 75.4 Å². The molecular formula is C10H10OS. The van der Waals surface area contributed by atoms with Crippen molar-refractivity contribution >= 4 is 17.4 Å². The number of aliphatic hydroxyl groups excluding tert-OH is 1. The van der Waals surface area contributed by atoms with Crippen molar-refractivity contribution in [3.8, 4) is 0 Å². The first-order valence-corrected chi connectivity index (χ1v) is 5.19. The molecule has 0 aromatic carbocycles. The Kier molecular flexibility index (Phi) is 1.20. The third-order valence-corrected chi connectivity index (χ3v) is 3.84. The molecule has 1 saturated carbocycles. The molecule has 2 heteroatoms. The zero-order valence-corrected chi connectivity index (χ0v) is 7.47. The molecule has 2 aliphatic rings. The minimum Gasteiger partial charge on any atom is -0.512 e. The minimum atomic E-state index is 0.569. The van der Waals surface area contributed by atoms with Crippen molar-refractivity contribution in [2.24, 2.45) is 5.92 Å². The average Bonchev–Trinajstić information content (AvgIpc) is 2.64. The smallest absolute Gasteiger partial charge is 0.0931 e. The summed E-state index contributed by atoms with van der Waals surface area (Å²) >= 11 is 1.83. The third kappa shape index (κ3) is 0.845. The van der Waals surface area contributed by atoms with Gasteiger partial charge >= 0.3 is 0 Å². The highest BCUT2D eigenvalue weighted by Gasteiger charge is 2.41. The molecule has 1 N–H and O–H groups in total. The van der Waals surface area contributed by atoms with E-state index >= 15 is 0 Å². The van der Waals surface area contributed by atoms with Crippen molar-refractivity contribution in [1.29, 1.82) is 0 Å². The van der Waals surface area contributed by atoms with Crippen LogP contribution in [0.5, 0.6) is 0 Å². The van der Waals surface area contributed by atoms with Gasteiger partial charge in [-0.25, -0.2) is 0 Å². The molecule has 0 radical (unpaired) electrons. The molecule has 1 aromatic rings. The van der Waals surface area contributed by atoms with Crippen molar-refractivity contribution in [3.05, 3.63) is 27.6 Å². The molecule has 1 heterocycles. The molecule has 2 aliphatic carbocycles. The lowest BCUT2D eigenvalue weighted by Crippen LogP contribution is -1.81. The summed E-state index contributed by atoms with van der Waals surface area (Å²) in [5.41, 5.74) is 1.25. The number of hydrogen-bond donors (Lipinski definition) is 1. The van der Waals surface area contributed by atoms with E-state index < -0.39 is 0 Å². The van der Waals surface area contributed by atoms with Crippen LogP contribution in [0, 0.1) is 5.92 Å². The Morgan fingerprint density at radius 2 is 2.42 bits per heavy atom. The van der Waals surface area contributed by atoms with E-state index in [1.54, 1.807) is 0 Å². The van der Waals surface area contributed by atoms with Gasteiger partial charge in [-0.3, -0.25) is 0 Å². The molecule has 0 saturated heterocycles. The third-order valence-electron chi connectivity index (χ3n) is 2.78. The van der Waals surface area contributed by atoms with Gasteiger partial charge in [-0.05, 0) is 41.3 Å². The number of hydrogen-bond acceptors (Lipinski definition) is 2. The summed E-state index contributed by atoms with van der Waals surface area (Å²) in [6, 6.07) is 2.11. The van der Waals surface area contributed by atoms with Crippen molar-refractivity contribution in [3.63, 3.8) is 0 Å². The highest BCUT2D eigenvalue weighted by Crippen LogP contribution is 2.55. The summed E-state index contributed by atoms with van der Waals surface area (Å²) in [5, 5.41) is 11.6. The summed E-state index contributed by atoms with van der Waals surface area (Å²) < 4.78 is 0. The highest BCUT2D eigenvalue weighted by atomic mass is 32.1. The molecule has 1 nitrogen and oxygen atoms in total. The van der Waals surface area contributed by atoms with Crippen LogP contribution in [0.25, 0.3) is 6.08 Å². The second-order valence-electron chi connectivity index (χ2n) is 3.68. The van der Waals surface area contributed by atoms with Crippen LogP contribution >= 0.6 is 11.3 Å². The SMILES string of the molecule is OC1=Cc2ccsc2C2CC2C1. The van der Waals surface area contributed by atoms with Crippen LogP contribution < -0.4 is 0 Å². The van der Waals surface area contributed by atoms with E-state index in [0.29, 0.717) is 5.76 Å². The lowest BCUT2D eigenvalue weighted by Gasteiger charge is -1.93. The topological polar surface area (TPSA) is 20.2 Å². The van der Waals surface area contributed by atoms with E-state index in [-0.39, 0.29) is 0 Å². The number of rotatable bonds is 0. The van der Waals surface area contributed by atoms with Gasteiger partial charge in [0.2, 0.25) is 0 Å². The molecule has 1 aromatic heterocycles. The second-order valence-corrected chi connectivity index (χ2v) is 4.63. The molecule has 1 fully saturated rings. The van der Waals surface area contributed by atoms with E-state index in [9.17, 15) is 5.11 Å². The van der Waals surface area contributed by atoms with Crippen molar-refractivity contribution in [2.45, 2.75) is 18.8 Å². The molecule has 3 rings (SSSR count). The first kappa shape index (κ1) is 6.72. The second kappa shape index (κ2) is 2.13. The van der Waals surface area contributed by atoms with E-state index in [2.05, 4.69) is 11.4 Å². The van der Waals surface area contributed by atoms with E-state index in [1.165, 1.54) is 16.9 Å². The predicted molar refractivity (Wildman–Crippen MR) is 50.4 cm³/mol. The predicted octanol–water partition coefficient (Wildman–Crippen LogP) is 3.15. The summed E-state index contributed by atoms with van der Waals surface area (Å²) in [6.45, 7) is 0. The van der Waals surface area contributed by atoms with Crippen LogP contribution in [0.2, 0.25) is 0 Å². The molecule has 0 aliphatic heterocycles. The molecular weight excluding hydrogens is 168 g/mol. The van der Waals surface area contributed by atoms with E-state index in [1.807, 2.05) is 17.4 Å². The Morgan fingerprint density at radius 1 is 1.50 bits per heavy atom. The van der Waals surface area contributed by atoms with Gasteiger partial charge in [-0.15, -0.1) is 11.3 Å². The number of thiophene rings is 1. The molecule has 0 spiro atoms. The summed E-state index contributed by atoms with van der Waals surface area (Å²) in [5.74, 6) is 2.07. The van der Waals surface area contributed by atoms with Crippen LogP contribution in [0.4, 0.5) is 0 Å². The van der Waals surface area contributed by atoms with Gasteiger partial charge in [0, 0.05) is 11.3 Å². The standard InChI is InChI=1S/C10H10OS/c11-8-3-6-1-2-12-10(6)9-5-7(9)4-8/h1-3,7,9,11H,4-5H2. The quantitative estimate of drug-likeness (QED) is 0.647. The number of allylic oxidation sites excluding steroid dienone is 1. The maximum Gasteiger partial charge on any atom is 0.0931 e. The lowest BCUT2D eigenvalue weighted by atomic mass is 10.2. The molecule has 2 unspecified atom stereocenters. The van der Waals surface area contributed by atoms with Crippen molar-refractivity contribution in [2.75, 3.05) is 0 Å². The van der Waals surface area contributed by atoms with E-state index in [0.717, 1.165) is 18.3 Å². The van der Waals surface area contributed by atoms with Crippen LogP contribution in [-0.2, 0) is 0 Å². The van der Waals surface area contributed by atoms with Crippen molar-refractivity contribution in [1.82, 2.24) is 0 Å². The number of aliphatic hydroxyl groups is 1. The van der Waals surface area contributed by atoms with Gasteiger partial charge in [0.1, 0.15) is 0 Å². The van der Waals surface area contributed by atoms with Crippen LogP contribution in [0.15, 0.2) is 17.2 Å². The highest BCUT2D eigenvalue weighted by molar-refractivity contribution is 7.10. The normalized spacial score (nSPS) is 31.5. The lowest BCUT2D eigenvalue weighted by molar-refractivity contribution is 0.385. The minimum absolute atomic E-state index is 0.569. The Bertz CT molecular complexity index is 350. The van der Waals surface area contributed by atoms with Crippen LogP contribution in [-0.4, -0.2) is 5.11 Å². The van der Waals surface area contributed by atoms with Gasteiger partial charge < -0.3 is 5.11 Å². The fourth-order valence-corrected chi connectivity index (χ4v) is 3.14. The van der Waals surface area contributed by atoms with Crippen LogP contribution in [0.1, 0.15) is 29.2 Å². The largest absolute Gasteiger partial charge is 0.512 e. The molecule has 0 bridgehead atoms. The zero-order chi connectivity index (χ0) is 8.13. The first-order valence-electron chi connectivity index (χ1n) is 4.31. The van der Waals surface area contributed by atoms with Gasteiger partial charge in [-0.2, -0.15) is 0 Å². The fourth-order valence-electron chi connectivity index (χ4n) is 2.05. The monoisotopic (exact) mass is 178 g/mol. The summed E-state index contributed by atoms with van der Waals surface area (Å²) in [7, 11) is 0. The van der Waals surface area contributed by atoms with Crippen LogP contribution in [0.3, 0.4) is 0 Å². The van der Waals surface area contributed by atoms with Crippen molar-refractivity contribution < 1.29 is 5.11 Å². The number of fused-ring (bicyclic) bond motifs is 3. The van der Waals surface area contributed by atoms with Gasteiger partial charge in [-0.1, -0.05) is 0 Å². The van der Waals surface area contributed by atoms with Gasteiger partial charge in [0.15, 0.2) is 0 Å². The molecule has 62 valence electrons. The van der Waals surface area contributed by atoms with Gasteiger partial charge in [0.25, 0.3) is 0 Å². The van der Waals surface area contributed by atoms with Gasteiger partial charge in [0.05, 0.1) is 5.76 Å². The molecule has 2 atom stereocenters. The summed E-state index contributed by atoms with van der Waals surface area (Å²) in [6.07, 6.45) is 4.11. The van der Waals surface area contributed by atoms with E-state index in [4.69, 9.17) is 0 Å². The Morgan fingerprint density at radius 3 is 3.33 bits per heavy atom. The maximum atomic E-state index is 9.52. The molecule has 0 amide bonds. The Hall–Kier alpha value is -0.760. The fraction of sp³-hybridized carbons (Fsp3) is 0.400. The maximum absolute atomic E-state index is 9.52.